The van der Waals surface area contributed by atoms with Crippen molar-refractivity contribution in [3.8, 4) is 23.4 Å². The maximum atomic E-state index is 10.5. The molecule has 158 valence electrons. The van der Waals surface area contributed by atoms with Crippen LogP contribution in [0.3, 0.4) is 0 Å². The summed E-state index contributed by atoms with van der Waals surface area (Å²) in [6, 6.07) is 20.2. The van der Waals surface area contributed by atoms with Gasteiger partial charge in [-0.15, -0.1) is 0 Å². The fraction of sp³-hybridized carbons (Fsp3) is 0.174. The number of carbonyl (C=O) groups is 1. The number of rotatable bonds is 8. The number of nitrogens with one attached hydrogen (secondary N) is 1. The number of ether oxygens (including phenoxy) is 2. The second kappa shape index (κ2) is 9.98. The summed E-state index contributed by atoms with van der Waals surface area (Å²) in [6.07, 6.45) is -0.468. The lowest BCUT2D eigenvalue weighted by atomic mass is 10.1. The van der Waals surface area contributed by atoms with Gasteiger partial charge in [0.15, 0.2) is 0 Å². The second-order valence-electron chi connectivity index (χ2n) is 6.65. The summed E-state index contributed by atoms with van der Waals surface area (Å²) in [6.45, 7) is 0.336. The zero-order chi connectivity index (χ0) is 22.2. The molecule has 1 aromatic heterocycles. The Morgan fingerprint density at radius 2 is 1.81 bits per heavy atom. The minimum Gasteiger partial charge on any atom is -0.497 e. The Bertz CT molecular complexity index is 1080. The SMILES string of the molecule is COc1ccc(N(C)c2cc(C#N)cc(Oc3ccc(CCNC(=O)O)cc3)n2)cc1. The van der Waals surface area contributed by atoms with Crippen molar-refractivity contribution in [2.45, 2.75) is 6.42 Å². The van der Waals surface area contributed by atoms with Crippen molar-refractivity contribution < 1.29 is 19.4 Å². The maximum Gasteiger partial charge on any atom is 0.404 e. The average Bonchev–Trinajstić information content (AvgIpc) is 2.79. The molecule has 0 spiro atoms. The summed E-state index contributed by atoms with van der Waals surface area (Å²) >= 11 is 0. The molecule has 0 atom stereocenters. The lowest BCUT2D eigenvalue weighted by molar-refractivity contribution is 0.194. The number of hydrogen-bond acceptors (Lipinski definition) is 6. The summed E-state index contributed by atoms with van der Waals surface area (Å²) in [5.74, 6) is 2.18. The Labute approximate surface area is 180 Å². The molecule has 0 bridgehead atoms. The van der Waals surface area contributed by atoms with Crippen LogP contribution < -0.4 is 19.7 Å². The highest BCUT2D eigenvalue weighted by Crippen LogP contribution is 2.28. The van der Waals surface area contributed by atoms with Crippen molar-refractivity contribution in [2.24, 2.45) is 0 Å². The molecule has 0 aliphatic carbocycles. The highest BCUT2D eigenvalue weighted by Gasteiger charge is 2.11. The number of aromatic nitrogens is 1. The third kappa shape index (κ3) is 5.87. The topological polar surface area (TPSA) is 108 Å². The zero-order valence-electron chi connectivity index (χ0n) is 17.2. The number of benzene rings is 2. The van der Waals surface area contributed by atoms with Crippen LogP contribution in [0.25, 0.3) is 0 Å². The van der Waals surface area contributed by atoms with Gasteiger partial charge in [-0.05, 0) is 54.4 Å². The van der Waals surface area contributed by atoms with Crippen molar-refractivity contribution in [3.05, 3.63) is 71.8 Å². The summed E-state index contributed by atoms with van der Waals surface area (Å²) in [7, 11) is 3.47. The Morgan fingerprint density at radius 3 is 2.42 bits per heavy atom. The molecule has 0 fully saturated rings. The lowest BCUT2D eigenvalue weighted by Crippen LogP contribution is -2.23. The zero-order valence-corrected chi connectivity index (χ0v) is 17.2. The van der Waals surface area contributed by atoms with Crippen LogP contribution in [0.4, 0.5) is 16.3 Å². The van der Waals surface area contributed by atoms with Gasteiger partial charge in [0.05, 0.1) is 18.7 Å². The third-order valence-corrected chi connectivity index (χ3v) is 4.56. The first-order valence-electron chi connectivity index (χ1n) is 9.52. The third-order valence-electron chi connectivity index (χ3n) is 4.56. The molecule has 0 saturated heterocycles. The van der Waals surface area contributed by atoms with E-state index in [1.165, 1.54) is 0 Å². The largest absolute Gasteiger partial charge is 0.497 e. The predicted octanol–water partition coefficient (Wildman–Crippen LogP) is 4.33. The number of nitrogens with zero attached hydrogens (tertiary/aromatic N) is 3. The number of carboxylic acid groups (broad SMARTS) is 1. The van der Waals surface area contributed by atoms with Gasteiger partial charge in [0.25, 0.3) is 0 Å². The minimum absolute atomic E-state index is 0.301. The van der Waals surface area contributed by atoms with E-state index in [0.29, 0.717) is 36.0 Å². The van der Waals surface area contributed by atoms with Gasteiger partial charge in [-0.2, -0.15) is 10.2 Å². The summed E-state index contributed by atoms with van der Waals surface area (Å²) in [5, 5.41) is 20.4. The van der Waals surface area contributed by atoms with Crippen LogP contribution in [0.5, 0.6) is 17.4 Å². The van der Waals surface area contributed by atoms with Crippen LogP contribution in [0.1, 0.15) is 11.1 Å². The molecule has 0 saturated carbocycles. The van der Waals surface area contributed by atoms with Crippen molar-refractivity contribution >= 4 is 17.6 Å². The summed E-state index contributed by atoms with van der Waals surface area (Å²) in [5.41, 5.74) is 2.28. The highest BCUT2D eigenvalue weighted by molar-refractivity contribution is 5.64. The van der Waals surface area contributed by atoms with E-state index in [0.717, 1.165) is 17.0 Å². The van der Waals surface area contributed by atoms with E-state index in [4.69, 9.17) is 14.6 Å². The van der Waals surface area contributed by atoms with Gasteiger partial charge in [0, 0.05) is 25.3 Å². The second-order valence-corrected chi connectivity index (χ2v) is 6.65. The van der Waals surface area contributed by atoms with E-state index in [9.17, 15) is 10.1 Å². The molecule has 8 heteroatoms. The van der Waals surface area contributed by atoms with Gasteiger partial charge in [-0.3, -0.25) is 0 Å². The van der Waals surface area contributed by atoms with Gasteiger partial charge >= 0.3 is 6.09 Å². The lowest BCUT2D eigenvalue weighted by Gasteiger charge is -2.19. The van der Waals surface area contributed by atoms with E-state index in [2.05, 4.69) is 16.4 Å². The Balaban J connectivity index is 1.75. The van der Waals surface area contributed by atoms with Crippen LogP contribution in [0.15, 0.2) is 60.7 Å². The molecule has 1 amide bonds. The number of anilines is 2. The van der Waals surface area contributed by atoms with Gasteiger partial charge in [-0.1, -0.05) is 12.1 Å². The summed E-state index contributed by atoms with van der Waals surface area (Å²) in [4.78, 5) is 16.9. The van der Waals surface area contributed by atoms with E-state index in [1.807, 2.05) is 48.3 Å². The molecule has 0 aliphatic rings. The predicted molar refractivity (Wildman–Crippen MR) is 116 cm³/mol. The van der Waals surface area contributed by atoms with E-state index in [-0.39, 0.29) is 0 Å². The number of nitriles is 1. The number of pyridine rings is 1. The van der Waals surface area contributed by atoms with E-state index >= 15 is 0 Å². The highest BCUT2D eigenvalue weighted by atomic mass is 16.5. The standard InChI is InChI=1S/C23H22N4O4/c1-27(18-5-9-19(30-2)10-6-18)21-13-17(15-24)14-22(26-21)31-20-7-3-16(4-8-20)11-12-25-23(28)29/h3-10,13-14,25H,11-12H2,1-2H3,(H,28,29). The van der Waals surface area contributed by atoms with Crippen LogP contribution in [-0.2, 0) is 6.42 Å². The molecule has 2 aromatic carbocycles. The quantitative estimate of drug-likeness (QED) is 0.560. The normalized spacial score (nSPS) is 10.1. The molecular weight excluding hydrogens is 396 g/mol. The van der Waals surface area contributed by atoms with Crippen molar-refractivity contribution in [3.63, 3.8) is 0 Å². The van der Waals surface area contributed by atoms with Crippen molar-refractivity contribution in [1.82, 2.24) is 10.3 Å². The van der Waals surface area contributed by atoms with Gasteiger partial charge < -0.3 is 24.8 Å². The average molecular weight is 418 g/mol. The monoisotopic (exact) mass is 418 g/mol. The van der Waals surface area contributed by atoms with Crippen molar-refractivity contribution in [1.29, 1.82) is 5.26 Å². The first kappa shape index (κ1) is 21.5. The molecular formula is C23H22N4O4. The number of amides is 1. The Kier molecular flexibility index (Phi) is 6.91. The first-order valence-corrected chi connectivity index (χ1v) is 9.52. The van der Waals surface area contributed by atoms with Crippen LogP contribution in [-0.4, -0.2) is 36.9 Å². The summed E-state index contributed by atoms with van der Waals surface area (Å²) < 4.78 is 11.1. The van der Waals surface area contributed by atoms with Crippen LogP contribution in [0, 0.1) is 11.3 Å². The van der Waals surface area contributed by atoms with E-state index in [1.54, 1.807) is 31.4 Å². The maximum absolute atomic E-state index is 10.5. The number of hydrogen-bond donors (Lipinski definition) is 2. The molecule has 0 aliphatic heterocycles. The van der Waals surface area contributed by atoms with E-state index < -0.39 is 6.09 Å². The van der Waals surface area contributed by atoms with Crippen LogP contribution in [0.2, 0.25) is 0 Å². The van der Waals surface area contributed by atoms with Gasteiger partial charge in [0.2, 0.25) is 5.88 Å². The number of methoxy groups -OCH3 is 1. The van der Waals surface area contributed by atoms with Crippen LogP contribution >= 0.6 is 0 Å². The molecule has 3 aromatic rings. The fourth-order valence-corrected chi connectivity index (χ4v) is 2.88. The minimum atomic E-state index is -1.04. The molecule has 3 rings (SSSR count). The molecule has 1 heterocycles. The van der Waals surface area contributed by atoms with Gasteiger partial charge in [-0.25, -0.2) is 4.79 Å². The Hall–Kier alpha value is -4.25. The molecule has 0 unspecified atom stereocenters. The Morgan fingerprint density at radius 1 is 1.13 bits per heavy atom. The van der Waals surface area contributed by atoms with Gasteiger partial charge in [0.1, 0.15) is 17.3 Å². The fourth-order valence-electron chi connectivity index (χ4n) is 2.88. The van der Waals surface area contributed by atoms with Crippen molar-refractivity contribution in [2.75, 3.05) is 25.6 Å². The molecule has 8 nitrogen and oxygen atoms in total. The molecule has 31 heavy (non-hydrogen) atoms. The first-order chi connectivity index (χ1) is 15.0. The smallest absolute Gasteiger partial charge is 0.404 e. The molecule has 2 N–H and O–H groups in total. The molecule has 0 radical (unpaired) electrons.